The van der Waals surface area contributed by atoms with Gasteiger partial charge in [-0.25, -0.2) is 9.93 Å². The number of hydrazone groups is 1. The van der Waals surface area contributed by atoms with Crippen molar-refractivity contribution in [2.24, 2.45) is 5.10 Å². The zero-order chi connectivity index (χ0) is 21.0. The number of hydrazine groups is 2. The van der Waals surface area contributed by atoms with Crippen molar-refractivity contribution in [2.75, 3.05) is 18.5 Å². The zero-order valence-electron chi connectivity index (χ0n) is 15.1. The average molecular weight is 423 g/mol. The van der Waals surface area contributed by atoms with Gasteiger partial charge in [0.2, 0.25) is 5.96 Å². The first-order chi connectivity index (χ1) is 13.2. The number of carbonyl (C=O) groups excluding carboxylic acids is 2. The maximum absolute atomic E-state index is 13.6. The second-order valence-corrected chi connectivity index (χ2v) is 5.90. The van der Waals surface area contributed by atoms with Crippen molar-refractivity contribution < 1.29 is 27.5 Å². The van der Waals surface area contributed by atoms with Gasteiger partial charge in [0.1, 0.15) is 5.69 Å². The lowest BCUT2D eigenvalue weighted by atomic mass is 10.1. The summed E-state index contributed by atoms with van der Waals surface area (Å²) in [6.07, 6.45) is -1.92. The molecule has 0 saturated heterocycles. The van der Waals surface area contributed by atoms with Crippen molar-refractivity contribution in [3.8, 4) is 5.75 Å². The Labute approximate surface area is 163 Å². The van der Waals surface area contributed by atoms with Crippen LogP contribution in [-0.2, 0) is 4.79 Å². The van der Waals surface area contributed by atoms with Crippen molar-refractivity contribution in [1.82, 2.24) is 21.4 Å². The van der Waals surface area contributed by atoms with Gasteiger partial charge in [-0.1, -0.05) is 11.6 Å². The monoisotopic (exact) mass is 422 g/mol. The molecule has 28 heavy (non-hydrogen) atoms. The third-order valence-corrected chi connectivity index (χ3v) is 4.04. The van der Waals surface area contributed by atoms with Crippen LogP contribution >= 0.6 is 11.6 Å². The molecule has 0 saturated carbocycles. The molecule has 3 N–H and O–H groups in total. The fourth-order valence-electron chi connectivity index (χ4n) is 2.37. The molecule has 1 heterocycles. The van der Waals surface area contributed by atoms with Crippen molar-refractivity contribution in [2.45, 2.75) is 26.6 Å². The van der Waals surface area contributed by atoms with E-state index >= 15 is 0 Å². The van der Waals surface area contributed by atoms with Gasteiger partial charge in [-0.05, 0) is 26.0 Å². The number of hydrogen-bond donors (Lipinski definition) is 3. The molecule has 1 aromatic carbocycles. The van der Waals surface area contributed by atoms with E-state index in [1.165, 1.54) is 11.9 Å². The van der Waals surface area contributed by atoms with Crippen LogP contribution in [0.1, 0.15) is 24.2 Å². The number of nitrogens with zero attached hydrogens (tertiary/aromatic N) is 3. The largest absolute Gasteiger partial charge is 0.433 e. The predicted octanol–water partition coefficient (Wildman–Crippen LogP) is 1.61. The van der Waals surface area contributed by atoms with E-state index < -0.39 is 30.3 Å². The van der Waals surface area contributed by atoms with Crippen LogP contribution in [0.3, 0.4) is 0 Å². The van der Waals surface area contributed by atoms with Gasteiger partial charge in [0.15, 0.2) is 11.9 Å². The topological polar surface area (TPSA) is 98.3 Å². The number of anilines is 1. The standard InChI is InChI=1S/C15H18ClF3N6O3/c1-4-25(13(27)7(2)17)11-9(28-14(18)19)6-5-8(10(11)16)12(26)20-15-21-22-23-24(15)3/h5-7,14,22-23H,4H2,1-3H3,(H,20,21,26). The molecule has 0 spiro atoms. The SMILES string of the molecule is CCN(C(=O)C(C)F)c1c(OC(F)F)ccc(C(=O)NC2=NNNN2C)c1Cl. The first-order valence-electron chi connectivity index (χ1n) is 8.03. The van der Waals surface area contributed by atoms with E-state index in [9.17, 15) is 22.8 Å². The maximum atomic E-state index is 13.6. The summed E-state index contributed by atoms with van der Waals surface area (Å²) in [6, 6.07) is 2.20. The zero-order valence-corrected chi connectivity index (χ0v) is 15.9. The first-order valence-corrected chi connectivity index (χ1v) is 8.41. The normalized spacial score (nSPS) is 14.4. The molecule has 0 aromatic heterocycles. The molecule has 1 aliphatic heterocycles. The van der Waals surface area contributed by atoms with Crippen LogP contribution in [0.25, 0.3) is 0 Å². The third kappa shape index (κ3) is 4.57. The van der Waals surface area contributed by atoms with Crippen LogP contribution < -0.4 is 26.0 Å². The molecular formula is C15H18ClF3N6O3. The highest BCUT2D eigenvalue weighted by molar-refractivity contribution is 6.37. The molecular weight excluding hydrogens is 405 g/mol. The Balaban J connectivity index is 2.49. The van der Waals surface area contributed by atoms with Crippen LogP contribution in [0, 0.1) is 0 Å². The summed E-state index contributed by atoms with van der Waals surface area (Å²) in [7, 11) is 1.56. The van der Waals surface area contributed by atoms with Gasteiger partial charge in [0.25, 0.3) is 11.8 Å². The molecule has 0 bridgehead atoms. The lowest BCUT2D eigenvalue weighted by molar-refractivity contribution is -0.122. The molecule has 1 aromatic rings. The van der Waals surface area contributed by atoms with E-state index in [4.69, 9.17) is 11.6 Å². The number of alkyl halides is 3. The number of hydrogen-bond acceptors (Lipinski definition) is 7. The molecule has 1 atom stereocenters. The van der Waals surface area contributed by atoms with Crippen LogP contribution in [0.5, 0.6) is 5.75 Å². The van der Waals surface area contributed by atoms with Crippen LogP contribution in [-0.4, -0.2) is 49.2 Å². The highest BCUT2D eigenvalue weighted by atomic mass is 35.5. The van der Waals surface area contributed by atoms with Crippen LogP contribution in [0.4, 0.5) is 18.9 Å². The molecule has 0 fully saturated rings. The van der Waals surface area contributed by atoms with Crippen LogP contribution in [0.2, 0.25) is 5.02 Å². The number of guanidine groups is 1. The summed E-state index contributed by atoms with van der Waals surface area (Å²) in [6.45, 7) is -0.822. The van der Waals surface area contributed by atoms with E-state index in [1.807, 2.05) is 0 Å². The average Bonchev–Trinajstić information content (AvgIpc) is 3.01. The summed E-state index contributed by atoms with van der Waals surface area (Å²) in [5.41, 5.74) is 4.50. The highest BCUT2D eigenvalue weighted by Crippen LogP contribution is 2.39. The van der Waals surface area contributed by atoms with Crippen LogP contribution in [0.15, 0.2) is 17.2 Å². The fourth-order valence-corrected chi connectivity index (χ4v) is 2.71. The molecule has 1 aliphatic rings. The summed E-state index contributed by atoms with van der Waals surface area (Å²) < 4.78 is 43.5. The van der Waals surface area contributed by atoms with Gasteiger partial charge in [0.05, 0.1) is 10.6 Å². The molecule has 0 aliphatic carbocycles. The maximum Gasteiger partial charge on any atom is 0.387 e. The first kappa shape index (κ1) is 21.6. The van der Waals surface area contributed by atoms with Crippen molar-refractivity contribution >= 4 is 35.1 Å². The van der Waals surface area contributed by atoms with E-state index in [2.05, 4.69) is 26.2 Å². The number of carbonyl (C=O) groups is 2. The van der Waals surface area contributed by atoms with Gasteiger partial charge in [-0.15, -0.1) is 10.6 Å². The quantitative estimate of drug-likeness (QED) is 0.644. The minimum Gasteiger partial charge on any atom is -0.433 e. The summed E-state index contributed by atoms with van der Waals surface area (Å²) in [5, 5.41) is 7.21. The van der Waals surface area contributed by atoms with E-state index in [1.54, 1.807) is 7.05 Å². The Morgan fingerprint density at radius 2 is 2.07 bits per heavy atom. The number of rotatable bonds is 6. The predicted molar refractivity (Wildman–Crippen MR) is 95.6 cm³/mol. The smallest absolute Gasteiger partial charge is 0.387 e. The van der Waals surface area contributed by atoms with Gasteiger partial charge < -0.3 is 9.64 Å². The summed E-state index contributed by atoms with van der Waals surface area (Å²) in [5.74, 6) is -2.11. The molecule has 154 valence electrons. The number of amides is 2. The summed E-state index contributed by atoms with van der Waals surface area (Å²) in [4.78, 5) is 25.6. The number of benzene rings is 1. The fraction of sp³-hybridized carbons (Fsp3) is 0.400. The molecule has 0 radical (unpaired) electrons. The Morgan fingerprint density at radius 3 is 2.57 bits per heavy atom. The second-order valence-electron chi connectivity index (χ2n) is 5.52. The molecule has 13 heteroatoms. The Bertz CT molecular complexity index is 793. The minimum absolute atomic E-state index is 0.0965. The van der Waals surface area contributed by atoms with Gasteiger partial charge in [0, 0.05) is 13.6 Å². The lowest BCUT2D eigenvalue weighted by Crippen LogP contribution is -2.45. The molecule has 2 amide bonds. The number of nitrogens with one attached hydrogen (secondary N) is 3. The van der Waals surface area contributed by atoms with Gasteiger partial charge >= 0.3 is 6.61 Å². The van der Waals surface area contributed by atoms with Crippen molar-refractivity contribution in [3.05, 3.63) is 22.7 Å². The van der Waals surface area contributed by atoms with E-state index in [0.29, 0.717) is 0 Å². The van der Waals surface area contributed by atoms with E-state index in [0.717, 1.165) is 24.0 Å². The molecule has 9 nitrogen and oxygen atoms in total. The van der Waals surface area contributed by atoms with Gasteiger partial charge in [-0.3, -0.25) is 19.9 Å². The molecule has 1 unspecified atom stereocenters. The molecule has 2 rings (SSSR count). The highest BCUT2D eigenvalue weighted by Gasteiger charge is 2.29. The number of ether oxygens (including phenoxy) is 1. The van der Waals surface area contributed by atoms with E-state index in [-0.39, 0.29) is 28.8 Å². The Hall–Kier alpha value is -2.73. The van der Waals surface area contributed by atoms with Crippen molar-refractivity contribution in [1.29, 1.82) is 0 Å². The third-order valence-electron chi connectivity index (χ3n) is 3.65. The second kappa shape index (κ2) is 8.97. The lowest BCUT2D eigenvalue weighted by Gasteiger charge is -2.26. The minimum atomic E-state index is -3.22. The van der Waals surface area contributed by atoms with Crippen molar-refractivity contribution in [3.63, 3.8) is 0 Å². The number of halogens is 4. The Morgan fingerprint density at radius 1 is 1.39 bits per heavy atom. The van der Waals surface area contributed by atoms with Gasteiger partial charge in [-0.2, -0.15) is 8.78 Å². The summed E-state index contributed by atoms with van der Waals surface area (Å²) >= 11 is 6.25. The Kier molecular flexibility index (Phi) is 6.91.